The molecule has 0 amide bonds. The van der Waals surface area contributed by atoms with Gasteiger partial charge in [-0.3, -0.25) is 4.98 Å². The fraction of sp³-hybridized carbons (Fsp3) is 0.0833. The van der Waals surface area contributed by atoms with Gasteiger partial charge in [-0.05, 0) is 23.8 Å². The van der Waals surface area contributed by atoms with Crippen LogP contribution in [0.1, 0.15) is 5.56 Å². The second-order valence-electron chi connectivity index (χ2n) is 2.99. The van der Waals surface area contributed by atoms with Gasteiger partial charge < -0.3 is 4.74 Å². The van der Waals surface area contributed by atoms with Crippen LogP contribution >= 0.6 is 0 Å². The summed E-state index contributed by atoms with van der Waals surface area (Å²) in [5.74, 6) is -0.249. The number of nitrogens with zero attached hydrogens (tertiary/aromatic N) is 1. The molecule has 1 aromatic heterocycles. The van der Waals surface area contributed by atoms with Crippen molar-refractivity contribution < 1.29 is 9.13 Å². The number of hydrogen-bond donors (Lipinski definition) is 0. The van der Waals surface area contributed by atoms with Crippen molar-refractivity contribution >= 4 is 0 Å². The maximum atomic E-state index is 13.1. The molecule has 0 aliphatic rings. The normalized spacial score (nSPS) is 9.93. The molecule has 1 radical (unpaired) electrons. The first kappa shape index (κ1) is 9.65. The molecule has 0 aliphatic heterocycles. The van der Waals surface area contributed by atoms with Crippen LogP contribution in [0.5, 0.6) is 5.75 Å². The van der Waals surface area contributed by atoms with Crippen LogP contribution in [0, 0.1) is 11.9 Å². The minimum Gasteiger partial charge on any atom is -0.486 e. The maximum absolute atomic E-state index is 13.1. The van der Waals surface area contributed by atoms with E-state index >= 15 is 0 Å². The van der Waals surface area contributed by atoms with E-state index < -0.39 is 5.82 Å². The van der Waals surface area contributed by atoms with E-state index in [4.69, 9.17) is 4.74 Å². The highest BCUT2D eigenvalue weighted by Crippen LogP contribution is 2.16. The Labute approximate surface area is 87.4 Å². The van der Waals surface area contributed by atoms with Gasteiger partial charge in [-0.2, -0.15) is 0 Å². The largest absolute Gasteiger partial charge is 0.486 e. The molecule has 1 heterocycles. The Morgan fingerprint density at radius 3 is 2.80 bits per heavy atom. The van der Waals surface area contributed by atoms with Gasteiger partial charge in [0, 0.05) is 18.5 Å². The predicted molar refractivity (Wildman–Crippen MR) is 53.8 cm³/mol. The van der Waals surface area contributed by atoms with Crippen molar-refractivity contribution in [1.82, 2.24) is 4.98 Å². The molecule has 0 aliphatic carbocycles. The molecular weight excluding hydrogens is 193 g/mol. The summed E-state index contributed by atoms with van der Waals surface area (Å²) in [5.41, 5.74) is 0.952. The molecule has 2 nitrogen and oxygen atoms in total. The minimum atomic E-state index is -0.466. The summed E-state index contributed by atoms with van der Waals surface area (Å²) in [7, 11) is 0. The molecule has 0 saturated carbocycles. The number of rotatable bonds is 3. The van der Waals surface area contributed by atoms with Crippen LogP contribution in [0.25, 0.3) is 0 Å². The minimum absolute atomic E-state index is 0.217. The first-order valence-corrected chi connectivity index (χ1v) is 4.54. The zero-order valence-electron chi connectivity index (χ0n) is 7.98. The van der Waals surface area contributed by atoms with Gasteiger partial charge in [-0.1, -0.05) is 12.1 Å². The van der Waals surface area contributed by atoms with E-state index in [9.17, 15) is 4.39 Å². The standard InChI is InChI=1S/C12H9FNO/c13-11-3-1-2-4-12(11)15-9-10-5-7-14-8-6-10/h1-2,4-8H,9H2. The topological polar surface area (TPSA) is 22.1 Å². The molecule has 0 fully saturated rings. The van der Waals surface area contributed by atoms with Crippen molar-refractivity contribution in [2.24, 2.45) is 0 Å². The highest BCUT2D eigenvalue weighted by molar-refractivity contribution is 5.23. The van der Waals surface area contributed by atoms with Gasteiger partial charge in [0.1, 0.15) is 6.61 Å². The average molecular weight is 202 g/mol. The molecule has 2 aromatic rings. The predicted octanol–water partition coefficient (Wildman–Crippen LogP) is 2.60. The molecule has 2 rings (SSSR count). The van der Waals surface area contributed by atoms with E-state index in [1.807, 2.05) is 12.1 Å². The third-order valence-corrected chi connectivity index (χ3v) is 1.91. The Morgan fingerprint density at radius 1 is 1.27 bits per heavy atom. The van der Waals surface area contributed by atoms with Crippen molar-refractivity contribution in [3.8, 4) is 5.75 Å². The number of pyridine rings is 1. The van der Waals surface area contributed by atoms with Gasteiger partial charge in [-0.15, -0.1) is 0 Å². The highest BCUT2D eigenvalue weighted by atomic mass is 19.1. The third kappa shape index (κ3) is 2.53. The molecule has 0 spiro atoms. The van der Waals surface area contributed by atoms with E-state index in [2.05, 4.69) is 11.1 Å². The lowest BCUT2D eigenvalue weighted by Gasteiger charge is -2.06. The van der Waals surface area contributed by atoms with Gasteiger partial charge in [0.25, 0.3) is 0 Å². The lowest BCUT2D eigenvalue weighted by atomic mass is 10.3. The van der Waals surface area contributed by atoms with E-state index in [-0.39, 0.29) is 5.75 Å². The second-order valence-corrected chi connectivity index (χ2v) is 2.99. The molecule has 0 unspecified atom stereocenters. The monoisotopic (exact) mass is 202 g/mol. The third-order valence-electron chi connectivity index (χ3n) is 1.91. The Balaban J connectivity index is 2.03. The smallest absolute Gasteiger partial charge is 0.172 e. The van der Waals surface area contributed by atoms with Crippen LogP contribution in [0.3, 0.4) is 0 Å². The summed E-state index contributed by atoms with van der Waals surface area (Å²) in [6, 6.07) is 10.9. The van der Waals surface area contributed by atoms with Crippen molar-refractivity contribution in [3.05, 3.63) is 60.2 Å². The van der Waals surface area contributed by atoms with Crippen LogP contribution in [0.4, 0.5) is 4.39 Å². The fourth-order valence-corrected chi connectivity index (χ4v) is 1.15. The summed E-state index contributed by atoms with van der Waals surface area (Å²) in [4.78, 5) is 3.88. The molecule has 75 valence electrons. The van der Waals surface area contributed by atoms with Gasteiger partial charge in [0.2, 0.25) is 0 Å². The SMILES string of the molecule is Fc1[c]cccc1OCc1ccncc1. The van der Waals surface area contributed by atoms with Crippen LogP contribution in [-0.2, 0) is 6.61 Å². The number of hydrogen-bond acceptors (Lipinski definition) is 2. The van der Waals surface area contributed by atoms with Gasteiger partial charge in [0.05, 0.1) is 0 Å². The molecule has 3 heteroatoms. The Hall–Kier alpha value is -1.90. The summed E-state index contributed by atoms with van der Waals surface area (Å²) < 4.78 is 18.4. The molecule has 0 bridgehead atoms. The highest BCUT2D eigenvalue weighted by Gasteiger charge is 2.01. The van der Waals surface area contributed by atoms with Crippen molar-refractivity contribution in [2.75, 3.05) is 0 Å². The van der Waals surface area contributed by atoms with Crippen LogP contribution < -0.4 is 4.74 Å². The maximum Gasteiger partial charge on any atom is 0.172 e. The molecule has 15 heavy (non-hydrogen) atoms. The number of halogens is 1. The van der Waals surface area contributed by atoms with Crippen LogP contribution in [0.2, 0.25) is 0 Å². The zero-order valence-corrected chi connectivity index (χ0v) is 7.98. The number of ether oxygens (including phenoxy) is 1. The second kappa shape index (κ2) is 4.55. The first-order valence-electron chi connectivity index (χ1n) is 4.54. The first-order chi connectivity index (χ1) is 7.36. The molecule has 0 saturated heterocycles. The number of aromatic nitrogens is 1. The summed E-state index contributed by atoms with van der Waals surface area (Å²) >= 11 is 0. The summed E-state index contributed by atoms with van der Waals surface area (Å²) in [6.07, 6.45) is 3.35. The summed E-state index contributed by atoms with van der Waals surface area (Å²) in [5, 5.41) is 0. The van der Waals surface area contributed by atoms with Gasteiger partial charge in [-0.25, -0.2) is 4.39 Å². The Bertz CT molecular complexity index is 431. The van der Waals surface area contributed by atoms with Crippen LogP contribution in [0.15, 0.2) is 42.7 Å². The Morgan fingerprint density at radius 2 is 2.07 bits per heavy atom. The van der Waals surface area contributed by atoms with Gasteiger partial charge in [0.15, 0.2) is 11.6 Å². The van der Waals surface area contributed by atoms with E-state index in [0.717, 1.165) is 5.56 Å². The quantitative estimate of drug-likeness (QED) is 0.763. The Kier molecular flexibility index (Phi) is 2.93. The van der Waals surface area contributed by atoms with Gasteiger partial charge >= 0.3 is 0 Å². The van der Waals surface area contributed by atoms with Crippen molar-refractivity contribution in [1.29, 1.82) is 0 Å². The average Bonchev–Trinajstić information content (AvgIpc) is 2.29. The number of benzene rings is 1. The lowest BCUT2D eigenvalue weighted by Crippen LogP contribution is -1.97. The molecule has 0 N–H and O–H groups in total. The molecular formula is C12H9FNO. The van der Waals surface area contributed by atoms with Crippen LogP contribution in [-0.4, -0.2) is 4.98 Å². The van der Waals surface area contributed by atoms with E-state index in [1.165, 1.54) is 6.07 Å². The molecule has 0 atom stereocenters. The summed E-state index contributed by atoms with van der Waals surface area (Å²) in [6.45, 7) is 0.331. The fourth-order valence-electron chi connectivity index (χ4n) is 1.15. The van der Waals surface area contributed by atoms with E-state index in [0.29, 0.717) is 6.61 Å². The van der Waals surface area contributed by atoms with Crippen molar-refractivity contribution in [2.45, 2.75) is 6.61 Å². The molecule has 1 aromatic carbocycles. The van der Waals surface area contributed by atoms with E-state index in [1.54, 1.807) is 24.5 Å². The zero-order chi connectivity index (χ0) is 10.5. The lowest BCUT2D eigenvalue weighted by molar-refractivity contribution is 0.290. The van der Waals surface area contributed by atoms with Crippen molar-refractivity contribution in [3.63, 3.8) is 0 Å².